The number of rotatable bonds is 2. The summed E-state index contributed by atoms with van der Waals surface area (Å²) < 4.78 is 48.4. The Bertz CT molecular complexity index is 1290. The van der Waals surface area contributed by atoms with Crippen LogP contribution in [0.4, 0.5) is 18.9 Å². The van der Waals surface area contributed by atoms with E-state index in [-0.39, 0.29) is 22.4 Å². The fourth-order valence-corrected chi connectivity index (χ4v) is 2.87. The third-order valence-electron chi connectivity index (χ3n) is 3.97. The highest BCUT2D eigenvalue weighted by molar-refractivity contribution is 6.31. The number of anilines is 1. The number of alkyl halides is 3. The molecule has 28 heavy (non-hydrogen) atoms. The summed E-state index contributed by atoms with van der Waals surface area (Å²) in [6.07, 6.45) is -4.77. The van der Waals surface area contributed by atoms with Crippen molar-refractivity contribution in [1.82, 2.24) is 0 Å². The average molecular weight is 408 g/mol. The number of benzene rings is 2. The van der Waals surface area contributed by atoms with Crippen molar-refractivity contribution >= 4 is 45.1 Å². The molecule has 0 bridgehead atoms. The maximum atomic E-state index is 12.7. The molecule has 0 saturated heterocycles. The zero-order valence-corrected chi connectivity index (χ0v) is 14.5. The summed E-state index contributed by atoms with van der Waals surface area (Å²) >= 11 is 5.90. The van der Waals surface area contributed by atoms with Crippen LogP contribution in [0.2, 0.25) is 5.02 Å². The molecule has 0 spiro atoms. The fraction of sp³-hybridized carbons (Fsp3) is 0.0526. The number of hydrogen-bond donors (Lipinski definition) is 1. The molecule has 142 valence electrons. The molecular formula is C19H9ClF3NO4. The van der Waals surface area contributed by atoms with E-state index < -0.39 is 23.3 Å². The number of furan rings is 1. The van der Waals surface area contributed by atoms with Crippen LogP contribution in [0.1, 0.15) is 16.3 Å². The van der Waals surface area contributed by atoms with Gasteiger partial charge in [0.25, 0.3) is 5.91 Å². The average Bonchev–Trinajstić information content (AvgIpc) is 3.04. The van der Waals surface area contributed by atoms with Gasteiger partial charge in [-0.15, -0.1) is 0 Å². The minimum atomic E-state index is -4.77. The zero-order chi connectivity index (χ0) is 20.1. The van der Waals surface area contributed by atoms with Crippen molar-refractivity contribution in [3.8, 4) is 0 Å². The Morgan fingerprint density at radius 2 is 1.71 bits per heavy atom. The van der Waals surface area contributed by atoms with Crippen LogP contribution in [-0.2, 0) is 6.18 Å². The van der Waals surface area contributed by atoms with Gasteiger partial charge in [0, 0.05) is 22.2 Å². The van der Waals surface area contributed by atoms with Crippen LogP contribution in [-0.4, -0.2) is 5.91 Å². The maximum Gasteiger partial charge on any atom is 0.449 e. The number of hydrogen-bond acceptors (Lipinski definition) is 4. The van der Waals surface area contributed by atoms with E-state index in [1.165, 1.54) is 24.3 Å². The van der Waals surface area contributed by atoms with Gasteiger partial charge in [0.15, 0.2) is 11.2 Å². The monoisotopic (exact) mass is 407 g/mol. The first kappa shape index (κ1) is 18.1. The van der Waals surface area contributed by atoms with Crippen LogP contribution in [0.3, 0.4) is 0 Å². The van der Waals surface area contributed by atoms with E-state index in [9.17, 15) is 22.8 Å². The van der Waals surface area contributed by atoms with E-state index in [0.717, 1.165) is 0 Å². The maximum absolute atomic E-state index is 12.7. The topological polar surface area (TPSA) is 72.5 Å². The van der Waals surface area contributed by atoms with Crippen LogP contribution in [0.15, 0.2) is 62.2 Å². The van der Waals surface area contributed by atoms with E-state index in [2.05, 4.69) is 5.32 Å². The van der Waals surface area contributed by atoms with Crippen molar-refractivity contribution in [3.05, 3.63) is 75.3 Å². The molecule has 4 aromatic rings. The van der Waals surface area contributed by atoms with Crippen LogP contribution < -0.4 is 10.7 Å². The van der Waals surface area contributed by atoms with Gasteiger partial charge < -0.3 is 14.2 Å². The van der Waals surface area contributed by atoms with Crippen molar-refractivity contribution in [2.24, 2.45) is 0 Å². The Morgan fingerprint density at radius 1 is 0.964 bits per heavy atom. The van der Waals surface area contributed by atoms with Gasteiger partial charge in [-0.25, -0.2) is 0 Å². The van der Waals surface area contributed by atoms with Gasteiger partial charge in [0.05, 0.1) is 5.39 Å². The predicted molar refractivity (Wildman–Crippen MR) is 96.7 cm³/mol. The minimum Gasteiger partial charge on any atom is -0.451 e. The molecule has 4 rings (SSSR count). The van der Waals surface area contributed by atoms with Gasteiger partial charge in [0.1, 0.15) is 11.2 Å². The van der Waals surface area contributed by atoms with Gasteiger partial charge in [-0.2, -0.15) is 13.2 Å². The second kappa shape index (κ2) is 6.42. The van der Waals surface area contributed by atoms with E-state index in [4.69, 9.17) is 20.4 Å². The molecule has 9 heteroatoms. The van der Waals surface area contributed by atoms with Crippen molar-refractivity contribution in [1.29, 1.82) is 0 Å². The van der Waals surface area contributed by atoms with Crippen molar-refractivity contribution in [2.75, 3.05) is 5.32 Å². The van der Waals surface area contributed by atoms with Crippen LogP contribution >= 0.6 is 11.6 Å². The lowest BCUT2D eigenvalue weighted by Crippen LogP contribution is -2.13. The molecule has 0 unspecified atom stereocenters. The highest BCUT2D eigenvalue weighted by atomic mass is 35.5. The number of carbonyl (C=O) groups excluding carboxylic acids is 1. The fourth-order valence-electron chi connectivity index (χ4n) is 2.69. The van der Waals surface area contributed by atoms with Crippen molar-refractivity contribution < 1.29 is 26.8 Å². The van der Waals surface area contributed by atoms with E-state index in [1.807, 2.05) is 0 Å². The van der Waals surface area contributed by atoms with Crippen molar-refractivity contribution in [2.45, 2.75) is 6.18 Å². The Hall–Kier alpha value is -3.26. The molecule has 0 fully saturated rings. The summed E-state index contributed by atoms with van der Waals surface area (Å²) in [5.74, 6) is -1.97. The number of halogens is 4. The van der Waals surface area contributed by atoms with Gasteiger partial charge in [-0.3, -0.25) is 9.59 Å². The summed E-state index contributed by atoms with van der Waals surface area (Å²) in [7, 11) is 0. The lowest BCUT2D eigenvalue weighted by atomic mass is 10.2. The molecule has 2 aromatic heterocycles. The molecule has 0 atom stereocenters. The summed E-state index contributed by atoms with van der Waals surface area (Å²) in [4.78, 5) is 24.4. The first-order chi connectivity index (χ1) is 13.2. The zero-order valence-electron chi connectivity index (χ0n) is 13.8. The van der Waals surface area contributed by atoms with Gasteiger partial charge in [0.2, 0.25) is 5.76 Å². The van der Waals surface area contributed by atoms with Gasteiger partial charge in [-0.05, 0) is 42.5 Å². The van der Waals surface area contributed by atoms with Crippen LogP contribution in [0.25, 0.3) is 21.9 Å². The molecule has 0 saturated carbocycles. The third-order valence-corrected chi connectivity index (χ3v) is 4.20. The molecule has 2 heterocycles. The summed E-state index contributed by atoms with van der Waals surface area (Å²) in [6, 6.07) is 10.5. The lowest BCUT2D eigenvalue weighted by Gasteiger charge is -2.08. The molecular weight excluding hydrogens is 399 g/mol. The summed E-state index contributed by atoms with van der Waals surface area (Å²) in [5.41, 5.74) is -0.448. The molecule has 0 aliphatic carbocycles. The number of nitrogens with one attached hydrogen (secondary N) is 1. The quantitative estimate of drug-likeness (QED) is 0.478. The minimum absolute atomic E-state index is 0.0109. The molecule has 0 radical (unpaired) electrons. The molecule has 1 amide bonds. The highest BCUT2D eigenvalue weighted by Gasteiger charge is 2.34. The van der Waals surface area contributed by atoms with Crippen LogP contribution in [0, 0.1) is 0 Å². The normalized spacial score (nSPS) is 11.9. The largest absolute Gasteiger partial charge is 0.451 e. The second-order valence-electron chi connectivity index (χ2n) is 5.93. The Morgan fingerprint density at radius 3 is 2.46 bits per heavy atom. The number of carbonyl (C=O) groups is 1. The van der Waals surface area contributed by atoms with E-state index >= 15 is 0 Å². The number of amides is 1. The Balaban J connectivity index is 1.66. The first-order valence-electron chi connectivity index (χ1n) is 7.86. The smallest absolute Gasteiger partial charge is 0.449 e. The molecule has 0 aliphatic rings. The molecule has 0 aliphatic heterocycles. The third kappa shape index (κ3) is 3.34. The van der Waals surface area contributed by atoms with Crippen molar-refractivity contribution in [3.63, 3.8) is 0 Å². The Labute approximate surface area is 159 Å². The first-order valence-corrected chi connectivity index (χ1v) is 8.24. The number of fused-ring (bicyclic) bond motifs is 2. The predicted octanol–water partition coefficient (Wildman–Crippen LogP) is 5.46. The van der Waals surface area contributed by atoms with E-state index in [1.54, 1.807) is 18.2 Å². The summed E-state index contributed by atoms with van der Waals surface area (Å²) in [6.45, 7) is 0. The Kier molecular flexibility index (Phi) is 4.15. The molecule has 1 N–H and O–H groups in total. The summed E-state index contributed by atoms with van der Waals surface area (Å²) in [5, 5.41) is 3.56. The second-order valence-corrected chi connectivity index (χ2v) is 6.37. The van der Waals surface area contributed by atoms with E-state index in [0.29, 0.717) is 22.1 Å². The van der Waals surface area contributed by atoms with Gasteiger partial charge in [-0.1, -0.05) is 11.6 Å². The molecule has 5 nitrogen and oxygen atoms in total. The molecule has 2 aromatic carbocycles. The standard InChI is InChI=1S/C19H9ClF3NO4/c20-10-1-3-14-9(5-10)6-16(27-14)18(26)24-11-2-4-15-12(7-11)13(25)8-17(28-15)19(21,22)23/h1-8H,(H,24,26). The highest BCUT2D eigenvalue weighted by Crippen LogP contribution is 2.30. The van der Waals surface area contributed by atoms with Crippen LogP contribution in [0.5, 0.6) is 0 Å². The lowest BCUT2D eigenvalue weighted by molar-refractivity contribution is -0.152. The SMILES string of the molecule is O=C(Nc1ccc2oc(C(F)(F)F)cc(=O)c2c1)c1cc2cc(Cl)ccc2o1. The van der Waals surface area contributed by atoms with Gasteiger partial charge >= 0.3 is 6.18 Å².